The Hall–Kier alpha value is -0.150. The minimum atomic E-state index is -1.09. The van der Waals surface area contributed by atoms with Crippen molar-refractivity contribution in [1.82, 2.24) is 5.32 Å². The summed E-state index contributed by atoms with van der Waals surface area (Å²) < 4.78 is 19.4. The highest BCUT2D eigenvalue weighted by Gasteiger charge is 2.30. The van der Waals surface area contributed by atoms with E-state index in [4.69, 9.17) is 4.74 Å². The van der Waals surface area contributed by atoms with Gasteiger partial charge in [-0.25, -0.2) is 4.39 Å². The van der Waals surface area contributed by atoms with Gasteiger partial charge in [-0.2, -0.15) is 0 Å². The van der Waals surface area contributed by atoms with E-state index in [1.54, 1.807) is 0 Å². The van der Waals surface area contributed by atoms with E-state index in [-0.39, 0.29) is 12.7 Å². The van der Waals surface area contributed by atoms with Crippen LogP contribution in [0.1, 0.15) is 33.1 Å². The van der Waals surface area contributed by atoms with Crippen molar-refractivity contribution in [2.45, 2.75) is 44.9 Å². The molecule has 0 spiro atoms. The average molecular weight is 189 g/mol. The smallest absolute Gasteiger partial charge is 0.135 e. The second-order valence-corrected chi connectivity index (χ2v) is 4.11. The van der Waals surface area contributed by atoms with Crippen molar-refractivity contribution < 1.29 is 9.13 Å². The minimum absolute atomic E-state index is 0.129. The Morgan fingerprint density at radius 1 is 1.38 bits per heavy atom. The molecule has 1 saturated heterocycles. The molecular weight excluding hydrogens is 169 g/mol. The summed E-state index contributed by atoms with van der Waals surface area (Å²) in [6.07, 6.45) is 2.26. The van der Waals surface area contributed by atoms with Crippen molar-refractivity contribution in [3.8, 4) is 0 Å². The van der Waals surface area contributed by atoms with Crippen LogP contribution in [0, 0.1) is 0 Å². The SMILES string of the molecule is CC(C)OCC1(F)CCCNCC1. The Kier molecular flexibility index (Phi) is 4.13. The van der Waals surface area contributed by atoms with E-state index in [0.717, 1.165) is 19.5 Å². The molecule has 1 unspecified atom stereocenters. The third-order valence-electron chi connectivity index (χ3n) is 2.40. The van der Waals surface area contributed by atoms with Gasteiger partial charge in [0, 0.05) is 0 Å². The molecule has 1 aliphatic heterocycles. The van der Waals surface area contributed by atoms with Crippen molar-refractivity contribution in [2.24, 2.45) is 0 Å². The topological polar surface area (TPSA) is 21.3 Å². The Labute approximate surface area is 79.8 Å². The highest BCUT2D eigenvalue weighted by atomic mass is 19.1. The number of alkyl halides is 1. The Balaban J connectivity index is 2.33. The lowest BCUT2D eigenvalue weighted by molar-refractivity contribution is -0.0200. The van der Waals surface area contributed by atoms with Gasteiger partial charge < -0.3 is 10.1 Å². The van der Waals surface area contributed by atoms with Gasteiger partial charge in [0.2, 0.25) is 0 Å². The molecule has 1 fully saturated rings. The Morgan fingerprint density at radius 3 is 2.85 bits per heavy atom. The van der Waals surface area contributed by atoms with Crippen LogP contribution in [0.15, 0.2) is 0 Å². The van der Waals surface area contributed by atoms with Crippen LogP contribution < -0.4 is 5.32 Å². The molecule has 1 heterocycles. The van der Waals surface area contributed by atoms with E-state index in [2.05, 4.69) is 5.32 Å². The molecule has 1 rings (SSSR count). The summed E-state index contributed by atoms with van der Waals surface area (Å²) >= 11 is 0. The number of rotatable bonds is 3. The van der Waals surface area contributed by atoms with Gasteiger partial charge in [-0.05, 0) is 46.2 Å². The highest BCUT2D eigenvalue weighted by molar-refractivity contribution is 4.82. The number of hydrogen-bond donors (Lipinski definition) is 1. The van der Waals surface area contributed by atoms with Crippen LogP contribution in [0.3, 0.4) is 0 Å². The number of ether oxygens (including phenoxy) is 1. The molecule has 0 radical (unpaired) electrons. The second kappa shape index (κ2) is 4.91. The third-order valence-corrected chi connectivity index (χ3v) is 2.40. The van der Waals surface area contributed by atoms with Crippen LogP contribution in [-0.4, -0.2) is 31.5 Å². The van der Waals surface area contributed by atoms with Gasteiger partial charge in [-0.3, -0.25) is 0 Å². The standard InChI is InChI=1S/C10H20FNO/c1-9(2)13-8-10(11)4-3-6-12-7-5-10/h9,12H,3-8H2,1-2H3. The van der Waals surface area contributed by atoms with Gasteiger partial charge >= 0.3 is 0 Å². The summed E-state index contributed by atoms with van der Waals surface area (Å²) in [5, 5.41) is 3.19. The Bertz CT molecular complexity index is 142. The van der Waals surface area contributed by atoms with E-state index in [1.165, 1.54) is 0 Å². The van der Waals surface area contributed by atoms with Gasteiger partial charge in [0.1, 0.15) is 5.67 Å². The normalized spacial score (nSPS) is 30.5. The van der Waals surface area contributed by atoms with Gasteiger partial charge in [0.05, 0.1) is 12.7 Å². The minimum Gasteiger partial charge on any atom is -0.375 e. The summed E-state index contributed by atoms with van der Waals surface area (Å²) in [7, 11) is 0. The molecule has 13 heavy (non-hydrogen) atoms. The first-order chi connectivity index (χ1) is 6.12. The van der Waals surface area contributed by atoms with E-state index in [0.29, 0.717) is 12.8 Å². The third kappa shape index (κ3) is 4.05. The molecule has 78 valence electrons. The van der Waals surface area contributed by atoms with E-state index in [9.17, 15) is 4.39 Å². The molecule has 3 heteroatoms. The monoisotopic (exact) mass is 189 g/mol. The summed E-state index contributed by atoms with van der Waals surface area (Å²) in [5.74, 6) is 0. The maximum absolute atomic E-state index is 14.0. The quantitative estimate of drug-likeness (QED) is 0.732. The number of halogens is 1. The van der Waals surface area contributed by atoms with Gasteiger partial charge in [0.25, 0.3) is 0 Å². The van der Waals surface area contributed by atoms with Crippen molar-refractivity contribution in [3.63, 3.8) is 0 Å². The molecular formula is C10H20FNO. The maximum atomic E-state index is 14.0. The van der Waals surface area contributed by atoms with Crippen LogP contribution in [0.4, 0.5) is 4.39 Å². The van der Waals surface area contributed by atoms with Gasteiger partial charge in [0.15, 0.2) is 0 Å². The molecule has 0 saturated carbocycles. The summed E-state index contributed by atoms with van der Waals surface area (Å²) in [5.41, 5.74) is -1.09. The van der Waals surface area contributed by atoms with E-state index < -0.39 is 5.67 Å². The molecule has 0 amide bonds. The zero-order chi connectivity index (χ0) is 9.73. The molecule has 0 bridgehead atoms. The highest BCUT2D eigenvalue weighted by Crippen LogP contribution is 2.24. The van der Waals surface area contributed by atoms with Crippen molar-refractivity contribution in [1.29, 1.82) is 0 Å². The molecule has 0 aromatic heterocycles. The maximum Gasteiger partial charge on any atom is 0.135 e. The van der Waals surface area contributed by atoms with Crippen LogP contribution in [0.25, 0.3) is 0 Å². The van der Waals surface area contributed by atoms with Gasteiger partial charge in [-0.1, -0.05) is 0 Å². The lowest BCUT2D eigenvalue weighted by Gasteiger charge is -2.24. The van der Waals surface area contributed by atoms with Crippen molar-refractivity contribution in [3.05, 3.63) is 0 Å². The number of nitrogens with one attached hydrogen (secondary N) is 1. The fourth-order valence-electron chi connectivity index (χ4n) is 1.55. The fourth-order valence-corrected chi connectivity index (χ4v) is 1.55. The predicted molar refractivity (Wildman–Crippen MR) is 51.6 cm³/mol. The molecule has 1 atom stereocenters. The van der Waals surface area contributed by atoms with Crippen LogP contribution >= 0.6 is 0 Å². The molecule has 1 N–H and O–H groups in total. The zero-order valence-electron chi connectivity index (χ0n) is 8.61. The predicted octanol–water partition coefficient (Wildman–Crippen LogP) is 1.89. The summed E-state index contributed by atoms with van der Waals surface area (Å²) in [6.45, 7) is 5.86. The second-order valence-electron chi connectivity index (χ2n) is 4.11. The van der Waals surface area contributed by atoms with Crippen molar-refractivity contribution >= 4 is 0 Å². The lowest BCUT2D eigenvalue weighted by atomic mass is 9.98. The number of hydrogen-bond acceptors (Lipinski definition) is 2. The van der Waals surface area contributed by atoms with Crippen LogP contribution in [0.5, 0.6) is 0 Å². The van der Waals surface area contributed by atoms with Gasteiger partial charge in [-0.15, -0.1) is 0 Å². The molecule has 1 aliphatic rings. The largest absolute Gasteiger partial charge is 0.375 e. The van der Waals surface area contributed by atoms with Crippen LogP contribution in [0.2, 0.25) is 0 Å². The lowest BCUT2D eigenvalue weighted by Crippen LogP contribution is -2.31. The van der Waals surface area contributed by atoms with Crippen molar-refractivity contribution in [2.75, 3.05) is 19.7 Å². The average Bonchev–Trinajstić information content (AvgIpc) is 2.28. The molecule has 0 aromatic carbocycles. The Morgan fingerprint density at radius 2 is 2.15 bits per heavy atom. The zero-order valence-corrected chi connectivity index (χ0v) is 8.61. The van der Waals surface area contributed by atoms with Crippen LogP contribution in [-0.2, 0) is 4.74 Å². The first-order valence-corrected chi connectivity index (χ1v) is 5.14. The fraction of sp³-hybridized carbons (Fsp3) is 1.00. The summed E-state index contributed by atoms with van der Waals surface area (Å²) in [4.78, 5) is 0. The first-order valence-electron chi connectivity index (χ1n) is 5.14. The molecule has 0 aliphatic carbocycles. The van der Waals surface area contributed by atoms with E-state index >= 15 is 0 Å². The summed E-state index contributed by atoms with van der Waals surface area (Å²) in [6, 6.07) is 0. The molecule has 2 nitrogen and oxygen atoms in total. The van der Waals surface area contributed by atoms with E-state index in [1.807, 2.05) is 13.8 Å². The first kappa shape index (κ1) is 10.9. The molecule has 0 aromatic rings.